The van der Waals surface area contributed by atoms with E-state index in [0.29, 0.717) is 17.4 Å². The molecule has 0 unspecified atom stereocenters. The molecule has 0 bridgehead atoms. The monoisotopic (exact) mass is 225 g/mol. The van der Waals surface area contributed by atoms with Crippen molar-refractivity contribution in [1.82, 2.24) is 4.31 Å². The molecule has 0 N–H and O–H groups in total. The standard InChI is InChI=1S/C11H15NO2S/c1-12(9-10-7-8-10)15(13,14)11-5-3-2-4-6-11/h2-6,10H,7-9H2,1H3. The smallest absolute Gasteiger partial charge is 0.207 e. The van der Waals surface area contributed by atoms with Gasteiger partial charge in [-0.3, -0.25) is 0 Å². The van der Waals surface area contributed by atoms with Crippen LogP contribution in [0.4, 0.5) is 0 Å². The predicted molar refractivity (Wildman–Crippen MR) is 59.0 cm³/mol. The fourth-order valence-electron chi connectivity index (χ4n) is 1.53. The Morgan fingerprint density at radius 2 is 1.87 bits per heavy atom. The number of hydrogen-bond acceptors (Lipinski definition) is 2. The lowest BCUT2D eigenvalue weighted by molar-refractivity contribution is 0.453. The molecule has 0 heterocycles. The number of rotatable bonds is 4. The van der Waals surface area contributed by atoms with Crippen LogP contribution in [0.1, 0.15) is 12.8 Å². The summed E-state index contributed by atoms with van der Waals surface area (Å²) in [6.45, 7) is 0.650. The summed E-state index contributed by atoms with van der Waals surface area (Å²) in [6, 6.07) is 8.59. The van der Waals surface area contributed by atoms with Gasteiger partial charge in [0.2, 0.25) is 10.0 Å². The van der Waals surface area contributed by atoms with E-state index in [4.69, 9.17) is 0 Å². The van der Waals surface area contributed by atoms with E-state index in [-0.39, 0.29) is 0 Å². The molecule has 0 aromatic heterocycles. The summed E-state index contributed by atoms with van der Waals surface area (Å²) in [5.74, 6) is 0.577. The molecule has 82 valence electrons. The van der Waals surface area contributed by atoms with Crippen LogP contribution in [0.5, 0.6) is 0 Å². The molecule has 0 atom stereocenters. The predicted octanol–water partition coefficient (Wildman–Crippen LogP) is 1.72. The van der Waals surface area contributed by atoms with Crippen molar-refractivity contribution < 1.29 is 8.42 Å². The molecule has 1 aromatic carbocycles. The van der Waals surface area contributed by atoms with Crippen LogP contribution in [0, 0.1) is 5.92 Å². The van der Waals surface area contributed by atoms with Crippen LogP contribution in [0.25, 0.3) is 0 Å². The Bertz CT molecular complexity index is 423. The topological polar surface area (TPSA) is 37.4 Å². The number of hydrogen-bond donors (Lipinski definition) is 0. The van der Waals surface area contributed by atoms with Crippen molar-refractivity contribution in [1.29, 1.82) is 0 Å². The average Bonchev–Trinajstić information content (AvgIpc) is 3.03. The molecule has 0 amide bonds. The lowest BCUT2D eigenvalue weighted by Crippen LogP contribution is -2.28. The molecule has 1 aliphatic carbocycles. The molecular formula is C11H15NO2S. The first-order valence-electron chi connectivity index (χ1n) is 5.12. The molecule has 1 fully saturated rings. The van der Waals surface area contributed by atoms with Crippen LogP contribution >= 0.6 is 0 Å². The molecule has 2 rings (SSSR count). The molecule has 15 heavy (non-hydrogen) atoms. The molecule has 3 nitrogen and oxygen atoms in total. The first-order chi connectivity index (χ1) is 7.10. The van der Waals surface area contributed by atoms with Gasteiger partial charge in [0.05, 0.1) is 4.90 Å². The minimum Gasteiger partial charge on any atom is -0.207 e. The van der Waals surface area contributed by atoms with Crippen molar-refractivity contribution in [3.8, 4) is 0 Å². The highest BCUT2D eigenvalue weighted by atomic mass is 32.2. The van der Waals surface area contributed by atoms with E-state index in [1.165, 1.54) is 4.31 Å². The van der Waals surface area contributed by atoms with Crippen LogP contribution in [-0.4, -0.2) is 26.3 Å². The zero-order chi connectivity index (χ0) is 10.9. The third-order valence-electron chi connectivity index (χ3n) is 2.66. The van der Waals surface area contributed by atoms with Crippen LogP contribution in [0.2, 0.25) is 0 Å². The van der Waals surface area contributed by atoms with Gasteiger partial charge in [0, 0.05) is 13.6 Å². The minimum absolute atomic E-state index is 0.383. The SMILES string of the molecule is CN(CC1CC1)S(=O)(=O)c1ccccc1. The number of sulfonamides is 1. The van der Waals surface area contributed by atoms with E-state index in [0.717, 1.165) is 12.8 Å². The Morgan fingerprint density at radius 3 is 2.40 bits per heavy atom. The van der Waals surface area contributed by atoms with Gasteiger partial charge in [-0.15, -0.1) is 0 Å². The molecule has 0 spiro atoms. The summed E-state index contributed by atoms with van der Waals surface area (Å²) in [5.41, 5.74) is 0. The van der Waals surface area contributed by atoms with Gasteiger partial charge in [0.25, 0.3) is 0 Å². The van der Waals surface area contributed by atoms with Gasteiger partial charge in [0.15, 0.2) is 0 Å². The highest BCUT2D eigenvalue weighted by Crippen LogP contribution is 2.30. The fourth-order valence-corrected chi connectivity index (χ4v) is 2.80. The van der Waals surface area contributed by atoms with Crippen LogP contribution in [0.3, 0.4) is 0 Å². The van der Waals surface area contributed by atoms with Gasteiger partial charge >= 0.3 is 0 Å². The lowest BCUT2D eigenvalue weighted by atomic mass is 10.4. The zero-order valence-electron chi connectivity index (χ0n) is 8.76. The van der Waals surface area contributed by atoms with Crippen molar-refractivity contribution in [2.75, 3.05) is 13.6 Å². The average molecular weight is 225 g/mol. The Hall–Kier alpha value is -0.870. The summed E-state index contributed by atoms with van der Waals surface area (Å²) in [4.78, 5) is 0.383. The summed E-state index contributed by atoms with van der Waals surface area (Å²) in [5, 5.41) is 0. The second-order valence-electron chi connectivity index (χ2n) is 4.04. The van der Waals surface area contributed by atoms with Crippen molar-refractivity contribution in [2.45, 2.75) is 17.7 Å². The van der Waals surface area contributed by atoms with Gasteiger partial charge in [-0.2, -0.15) is 0 Å². The summed E-state index contributed by atoms with van der Waals surface area (Å²) in [6.07, 6.45) is 2.32. The normalized spacial score (nSPS) is 16.9. The molecule has 1 aromatic rings. The summed E-state index contributed by atoms with van der Waals surface area (Å²) in [7, 11) is -1.61. The highest BCUT2D eigenvalue weighted by Gasteiger charge is 2.28. The maximum absolute atomic E-state index is 12.0. The van der Waals surface area contributed by atoms with Crippen LogP contribution in [-0.2, 0) is 10.0 Å². The van der Waals surface area contributed by atoms with Crippen molar-refractivity contribution in [3.63, 3.8) is 0 Å². The lowest BCUT2D eigenvalue weighted by Gasteiger charge is -2.16. The minimum atomic E-state index is -3.26. The second kappa shape index (κ2) is 3.94. The van der Waals surface area contributed by atoms with Crippen molar-refractivity contribution >= 4 is 10.0 Å². The van der Waals surface area contributed by atoms with Crippen LogP contribution in [0.15, 0.2) is 35.2 Å². The zero-order valence-corrected chi connectivity index (χ0v) is 9.57. The Balaban J connectivity index is 2.18. The van der Waals surface area contributed by atoms with E-state index >= 15 is 0 Å². The number of benzene rings is 1. The van der Waals surface area contributed by atoms with Crippen molar-refractivity contribution in [3.05, 3.63) is 30.3 Å². The molecule has 0 saturated heterocycles. The molecule has 1 aliphatic rings. The Kier molecular flexibility index (Phi) is 2.80. The summed E-state index contributed by atoms with van der Waals surface area (Å²) < 4.78 is 25.5. The van der Waals surface area contributed by atoms with Gasteiger partial charge in [0.1, 0.15) is 0 Å². The second-order valence-corrected chi connectivity index (χ2v) is 6.09. The van der Waals surface area contributed by atoms with E-state index in [9.17, 15) is 8.42 Å². The number of nitrogens with zero attached hydrogens (tertiary/aromatic N) is 1. The Morgan fingerprint density at radius 1 is 1.27 bits per heavy atom. The maximum Gasteiger partial charge on any atom is 0.242 e. The third-order valence-corrected chi connectivity index (χ3v) is 4.50. The largest absolute Gasteiger partial charge is 0.242 e. The Labute approximate surface area is 90.8 Å². The quantitative estimate of drug-likeness (QED) is 0.782. The highest BCUT2D eigenvalue weighted by molar-refractivity contribution is 7.89. The van der Waals surface area contributed by atoms with Gasteiger partial charge in [-0.05, 0) is 30.9 Å². The van der Waals surface area contributed by atoms with Crippen molar-refractivity contribution in [2.24, 2.45) is 5.92 Å². The van der Waals surface area contributed by atoms with E-state index in [1.807, 2.05) is 6.07 Å². The molecular weight excluding hydrogens is 210 g/mol. The molecule has 0 aliphatic heterocycles. The first-order valence-corrected chi connectivity index (χ1v) is 6.56. The van der Waals surface area contributed by atoms with E-state index in [1.54, 1.807) is 31.3 Å². The fraction of sp³-hybridized carbons (Fsp3) is 0.455. The van der Waals surface area contributed by atoms with Crippen LogP contribution < -0.4 is 0 Å². The van der Waals surface area contributed by atoms with E-state index < -0.39 is 10.0 Å². The summed E-state index contributed by atoms with van der Waals surface area (Å²) >= 11 is 0. The van der Waals surface area contributed by atoms with Gasteiger partial charge in [-0.1, -0.05) is 18.2 Å². The van der Waals surface area contributed by atoms with E-state index in [2.05, 4.69) is 0 Å². The molecule has 1 saturated carbocycles. The first kappa shape index (κ1) is 10.6. The van der Waals surface area contributed by atoms with Gasteiger partial charge in [-0.25, -0.2) is 12.7 Å². The van der Waals surface area contributed by atoms with Gasteiger partial charge < -0.3 is 0 Å². The maximum atomic E-state index is 12.0. The molecule has 0 radical (unpaired) electrons. The third kappa shape index (κ3) is 2.38. The molecule has 4 heteroatoms.